The summed E-state index contributed by atoms with van der Waals surface area (Å²) in [6.07, 6.45) is 8.58. The standard InChI is InChI=1S/C22H29N5O5S/c1-4-11-33(31,32)22-25-19(26(2)3)14-27(22)17(12-15-7-5-6-8-15)20(28)24-18-10-9-16(13-23-18)21(29)30/h4,9-10,13-15,17H,1,5-8,11-12H2,2-3H3,(H,29,30)(H,23,24,28). The van der Waals surface area contributed by atoms with Gasteiger partial charge in [-0.15, -0.1) is 6.58 Å². The molecule has 1 amide bonds. The molecule has 33 heavy (non-hydrogen) atoms. The molecule has 0 aliphatic heterocycles. The van der Waals surface area contributed by atoms with Crippen molar-refractivity contribution in [3.8, 4) is 0 Å². The molecule has 2 N–H and O–H groups in total. The molecule has 2 aromatic heterocycles. The maximum Gasteiger partial charge on any atom is 0.337 e. The Bertz CT molecular complexity index is 1120. The van der Waals surface area contributed by atoms with Gasteiger partial charge < -0.3 is 19.9 Å². The highest BCUT2D eigenvalue weighted by atomic mass is 32.2. The minimum Gasteiger partial charge on any atom is -0.478 e. The Morgan fingerprint density at radius 2 is 2.03 bits per heavy atom. The predicted molar refractivity (Wildman–Crippen MR) is 124 cm³/mol. The molecule has 1 saturated carbocycles. The largest absolute Gasteiger partial charge is 0.478 e. The van der Waals surface area contributed by atoms with Crippen LogP contribution in [0.5, 0.6) is 0 Å². The van der Waals surface area contributed by atoms with Crippen LogP contribution in [0.25, 0.3) is 0 Å². The van der Waals surface area contributed by atoms with Crippen molar-refractivity contribution >= 4 is 33.3 Å². The van der Waals surface area contributed by atoms with Crippen LogP contribution in [-0.2, 0) is 14.6 Å². The Labute approximate surface area is 193 Å². The number of carboxylic acid groups (broad SMARTS) is 1. The summed E-state index contributed by atoms with van der Waals surface area (Å²) >= 11 is 0. The minimum atomic E-state index is -3.81. The smallest absolute Gasteiger partial charge is 0.337 e. The summed E-state index contributed by atoms with van der Waals surface area (Å²) < 4.78 is 27.3. The molecule has 1 atom stereocenters. The molecule has 1 aliphatic carbocycles. The first-order chi connectivity index (χ1) is 15.6. The molecule has 178 valence electrons. The summed E-state index contributed by atoms with van der Waals surface area (Å²) in [6.45, 7) is 3.53. The van der Waals surface area contributed by atoms with Crippen LogP contribution in [-0.4, -0.2) is 59.8 Å². The van der Waals surface area contributed by atoms with Gasteiger partial charge in [0.2, 0.25) is 20.9 Å². The van der Waals surface area contributed by atoms with E-state index in [-0.39, 0.29) is 28.2 Å². The highest BCUT2D eigenvalue weighted by Gasteiger charge is 2.33. The van der Waals surface area contributed by atoms with Crippen molar-refractivity contribution < 1.29 is 23.1 Å². The fourth-order valence-corrected chi connectivity index (χ4v) is 5.17. The van der Waals surface area contributed by atoms with Gasteiger partial charge in [0.25, 0.3) is 0 Å². The number of carboxylic acids is 1. The monoisotopic (exact) mass is 475 g/mol. The number of anilines is 2. The molecular weight excluding hydrogens is 446 g/mol. The third kappa shape index (κ3) is 5.78. The van der Waals surface area contributed by atoms with Crippen LogP contribution in [0, 0.1) is 5.92 Å². The molecule has 3 rings (SSSR count). The van der Waals surface area contributed by atoms with Crippen molar-refractivity contribution in [2.75, 3.05) is 30.1 Å². The van der Waals surface area contributed by atoms with Crippen molar-refractivity contribution in [2.24, 2.45) is 5.92 Å². The van der Waals surface area contributed by atoms with Crippen molar-refractivity contribution in [1.29, 1.82) is 0 Å². The van der Waals surface area contributed by atoms with E-state index in [1.165, 1.54) is 22.8 Å². The number of imidazole rings is 1. The van der Waals surface area contributed by atoms with E-state index in [4.69, 9.17) is 5.11 Å². The maximum absolute atomic E-state index is 13.4. The lowest BCUT2D eigenvalue weighted by Crippen LogP contribution is -2.30. The fourth-order valence-electron chi connectivity index (χ4n) is 3.98. The number of aromatic carboxylic acids is 1. The molecule has 2 aromatic rings. The molecule has 0 bridgehead atoms. The number of amides is 1. The van der Waals surface area contributed by atoms with E-state index in [0.29, 0.717) is 12.2 Å². The van der Waals surface area contributed by atoms with Crippen LogP contribution in [0.2, 0.25) is 0 Å². The third-order valence-electron chi connectivity index (χ3n) is 5.69. The molecule has 1 aliphatic rings. The topological polar surface area (TPSA) is 134 Å². The van der Waals surface area contributed by atoms with Gasteiger partial charge in [-0.2, -0.15) is 0 Å². The van der Waals surface area contributed by atoms with Gasteiger partial charge >= 0.3 is 5.97 Å². The molecule has 1 unspecified atom stereocenters. The van der Waals surface area contributed by atoms with Crippen molar-refractivity contribution in [1.82, 2.24) is 14.5 Å². The third-order valence-corrected chi connectivity index (χ3v) is 7.22. The van der Waals surface area contributed by atoms with Crippen LogP contribution in [0.3, 0.4) is 0 Å². The van der Waals surface area contributed by atoms with E-state index in [1.807, 2.05) is 0 Å². The number of aromatic nitrogens is 3. The lowest BCUT2D eigenvalue weighted by atomic mass is 9.97. The van der Waals surface area contributed by atoms with Gasteiger partial charge in [-0.3, -0.25) is 4.79 Å². The average Bonchev–Trinajstić information content (AvgIpc) is 3.42. The Morgan fingerprint density at radius 1 is 1.33 bits per heavy atom. The number of nitrogens with one attached hydrogen (secondary N) is 1. The van der Waals surface area contributed by atoms with Gasteiger partial charge in [0.15, 0.2) is 0 Å². The van der Waals surface area contributed by atoms with Crippen LogP contribution >= 0.6 is 0 Å². The summed E-state index contributed by atoms with van der Waals surface area (Å²) in [7, 11) is -0.314. The van der Waals surface area contributed by atoms with Crippen molar-refractivity contribution in [3.63, 3.8) is 0 Å². The average molecular weight is 476 g/mol. The Balaban J connectivity index is 2.00. The first-order valence-corrected chi connectivity index (χ1v) is 12.4. The van der Waals surface area contributed by atoms with Gasteiger partial charge in [-0.1, -0.05) is 31.8 Å². The number of rotatable bonds is 10. The second-order valence-corrected chi connectivity index (χ2v) is 10.3. The number of hydrogen-bond acceptors (Lipinski definition) is 7. The summed E-state index contributed by atoms with van der Waals surface area (Å²) in [5, 5.41) is 11.6. The maximum atomic E-state index is 13.4. The normalized spacial score (nSPS) is 15.2. The lowest BCUT2D eigenvalue weighted by molar-refractivity contribution is -0.120. The van der Waals surface area contributed by atoms with Gasteiger partial charge in [-0.05, 0) is 24.5 Å². The SMILES string of the molecule is C=CCS(=O)(=O)c1nc(N(C)C)cn1C(CC1CCCC1)C(=O)Nc1ccc(C(=O)O)cn1. The highest BCUT2D eigenvalue weighted by molar-refractivity contribution is 7.91. The number of carbonyl (C=O) groups excluding carboxylic acids is 1. The van der Waals surface area contributed by atoms with Gasteiger partial charge in [0.1, 0.15) is 17.7 Å². The molecule has 0 spiro atoms. The molecular formula is C22H29N5O5S. The first kappa shape index (κ1) is 24.4. The summed E-state index contributed by atoms with van der Waals surface area (Å²) in [5.74, 6) is -0.965. The first-order valence-electron chi connectivity index (χ1n) is 10.7. The molecule has 11 heteroatoms. The number of carbonyl (C=O) groups is 2. The van der Waals surface area contributed by atoms with Crippen molar-refractivity contribution in [3.05, 3.63) is 42.7 Å². The summed E-state index contributed by atoms with van der Waals surface area (Å²) in [5.41, 5.74) is -0.00135. The zero-order chi connectivity index (χ0) is 24.2. The lowest BCUT2D eigenvalue weighted by Gasteiger charge is -2.23. The Hall–Kier alpha value is -3.21. The van der Waals surface area contributed by atoms with Gasteiger partial charge in [-0.25, -0.2) is 23.2 Å². The zero-order valence-corrected chi connectivity index (χ0v) is 19.6. The van der Waals surface area contributed by atoms with E-state index in [9.17, 15) is 18.0 Å². The number of hydrogen-bond donors (Lipinski definition) is 2. The molecule has 10 nitrogen and oxygen atoms in total. The summed E-state index contributed by atoms with van der Waals surface area (Å²) in [4.78, 5) is 34.4. The van der Waals surface area contributed by atoms with E-state index < -0.39 is 27.8 Å². The Morgan fingerprint density at radius 3 is 2.58 bits per heavy atom. The molecule has 0 saturated heterocycles. The van der Waals surface area contributed by atoms with Crippen LogP contribution in [0.1, 0.15) is 48.5 Å². The number of sulfone groups is 1. The highest BCUT2D eigenvalue weighted by Crippen LogP contribution is 2.34. The second-order valence-electron chi connectivity index (χ2n) is 8.38. The number of pyridine rings is 1. The zero-order valence-electron chi connectivity index (χ0n) is 18.8. The van der Waals surface area contributed by atoms with Crippen LogP contribution < -0.4 is 10.2 Å². The molecule has 2 heterocycles. The van der Waals surface area contributed by atoms with Gasteiger partial charge in [0.05, 0.1) is 11.3 Å². The van der Waals surface area contributed by atoms with E-state index in [2.05, 4.69) is 21.9 Å². The predicted octanol–water partition coefficient (Wildman–Crippen LogP) is 2.76. The van der Waals surface area contributed by atoms with Crippen LogP contribution in [0.4, 0.5) is 11.6 Å². The van der Waals surface area contributed by atoms with E-state index >= 15 is 0 Å². The number of nitrogens with zero attached hydrogens (tertiary/aromatic N) is 4. The van der Waals surface area contributed by atoms with E-state index in [1.54, 1.807) is 25.2 Å². The van der Waals surface area contributed by atoms with Crippen LogP contribution in [0.15, 0.2) is 42.3 Å². The van der Waals surface area contributed by atoms with Gasteiger partial charge in [0, 0.05) is 26.5 Å². The molecule has 1 fully saturated rings. The molecule has 0 radical (unpaired) electrons. The molecule has 0 aromatic carbocycles. The van der Waals surface area contributed by atoms with Crippen molar-refractivity contribution in [2.45, 2.75) is 43.3 Å². The second kappa shape index (κ2) is 10.2. The quantitative estimate of drug-likeness (QED) is 0.501. The minimum absolute atomic E-state index is 0.00135. The fraction of sp³-hybridized carbons (Fsp3) is 0.455. The Kier molecular flexibility index (Phi) is 7.52. The summed E-state index contributed by atoms with van der Waals surface area (Å²) in [6, 6.07) is 1.92. The van der Waals surface area contributed by atoms with E-state index in [0.717, 1.165) is 31.9 Å².